The van der Waals surface area contributed by atoms with Crippen LogP contribution in [0.3, 0.4) is 0 Å². The van der Waals surface area contributed by atoms with Crippen molar-refractivity contribution in [3.63, 3.8) is 0 Å². The molecule has 15 heavy (non-hydrogen) atoms. The third kappa shape index (κ3) is 1.79. The number of nitrogens with zero attached hydrogens (tertiary/aromatic N) is 2. The van der Waals surface area contributed by atoms with Crippen LogP contribution >= 0.6 is 0 Å². The summed E-state index contributed by atoms with van der Waals surface area (Å²) in [5.41, 5.74) is 0.809. The molecule has 0 N–H and O–H groups in total. The Morgan fingerprint density at radius 2 is 2.13 bits per heavy atom. The summed E-state index contributed by atoms with van der Waals surface area (Å²) in [4.78, 5) is 11.0. The zero-order valence-electron chi connectivity index (χ0n) is 8.14. The quantitative estimate of drug-likeness (QED) is 0.703. The first kappa shape index (κ1) is 9.58. The van der Waals surface area contributed by atoms with Gasteiger partial charge in [0.15, 0.2) is 5.78 Å². The van der Waals surface area contributed by atoms with Gasteiger partial charge in [-0.1, -0.05) is 12.1 Å². The van der Waals surface area contributed by atoms with Gasteiger partial charge < -0.3 is 0 Å². The maximum atomic E-state index is 13.3. The van der Waals surface area contributed by atoms with Crippen LogP contribution in [-0.4, -0.2) is 15.6 Å². The van der Waals surface area contributed by atoms with Crippen LogP contribution in [0.4, 0.5) is 4.39 Å². The zero-order valence-corrected chi connectivity index (χ0v) is 8.14. The van der Waals surface area contributed by atoms with Gasteiger partial charge in [0.25, 0.3) is 0 Å². The first-order valence-corrected chi connectivity index (χ1v) is 4.49. The number of carbonyl (C=O) groups is 1. The van der Waals surface area contributed by atoms with E-state index in [1.165, 1.54) is 30.1 Å². The van der Waals surface area contributed by atoms with Crippen molar-refractivity contribution in [3.8, 4) is 5.69 Å². The Labute approximate surface area is 86.2 Å². The summed E-state index contributed by atoms with van der Waals surface area (Å²) in [5.74, 6) is -0.451. The lowest BCUT2D eigenvalue weighted by Crippen LogP contribution is -1.97. The van der Waals surface area contributed by atoms with Gasteiger partial charge in [0.1, 0.15) is 11.5 Å². The van der Waals surface area contributed by atoms with Crippen LogP contribution in [-0.2, 0) is 0 Å². The first-order valence-electron chi connectivity index (χ1n) is 4.49. The van der Waals surface area contributed by atoms with Crippen LogP contribution in [0, 0.1) is 5.82 Å². The van der Waals surface area contributed by atoms with E-state index in [0.717, 1.165) is 0 Å². The second-order valence-corrected chi connectivity index (χ2v) is 3.18. The number of Topliss-reactive ketones (excluding diaryl/α,β-unsaturated/α-hetero) is 1. The summed E-state index contributed by atoms with van der Waals surface area (Å²) < 4.78 is 14.7. The molecular formula is C11H9FN2O. The Balaban J connectivity index is 2.46. The van der Waals surface area contributed by atoms with Crippen LogP contribution in [0.15, 0.2) is 36.7 Å². The van der Waals surface area contributed by atoms with Crippen molar-refractivity contribution in [1.82, 2.24) is 9.78 Å². The molecule has 0 radical (unpaired) electrons. The number of hydrogen-bond donors (Lipinski definition) is 0. The minimum atomic E-state index is -0.365. The fraction of sp³-hybridized carbons (Fsp3) is 0.0909. The lowest BCUT2D eigenvalue weighted by atomic mass is 10.2. The van der Waals surface area contributed by atoms with Crippen LogP contribution in [0.25, 0.3) is 5.69 Å². The van der Waals surface area contributed by atoms with Crippen molar-refractivity contribution in [2.75, 3.05) is 0 Å². The molecule has 1 heterocycles. The highest BCUT2D eigenvalue weighted by Crippen LogP contribution is 2.12. The highest BCUT2D eigenvalue weighted by molar-refractivity contribution is 5.93. The van der Waals surface area contributed by atoms with Crippen molar-refractivity contribution >= 4 is 5.78 Å². The summed E-state index contributed by atoms with van der Waals surface area (Å²) in [5, 5.41) is 3.92. The Kier molecular flexibility index (Phi) is 2.33. The number of aromatic nitrogens is 2. The number of para-hydroxylation sites is 1. The monoisotopic (exact) mass is 204 g/mol. The molecule has 0 saturated carbocycles. The molecule has 0 amide bonds. The molecule has 0 aliphatic heterocycles. The summed E-state index contributed by atoms with van der Waals surface area (Å²) >= 11 is 0. The molecular weight excluding hydrogens is 195 g/mol. The van der Waals surface area contributed by atoms with Gasteiger partial charge in [-0.2, -0.15) is 5.10 Å². The molecule has 0 saturated heterocycles. The van der Waals surface area contributed by atoms with Crippen LogP contribution < -0.4 is 0 Å². The van der Waals surface area contributed by atoms with Gasteiger partial charge in [0.2, 0.25) is 0 Å². The molecule has 0 aliphatic carbocycles. The van der Waals surface area contributed by atoms with Gasteiger partial charge in [0, 0.05) is 6.20 Å². The van der Waals surface area contributed by atoms with E-state index in [4.69, 9.17) is 0 Å². The van der Waals surface area contributed by atoms with E-state index in [1.807, 2.05) is 0 Å². The minimum Gasteiger partial charge on any atom is -0.294 e. The average Bonchev–Trinajstić information content (AvgIpc) is 2.67. The van der Waals surface area contributed by atoms with E-state index in [2.05, 4.69) is 5.10 Å². The van der Waals surface area contributed by atoms with Gasteiger partial charge in [-0.25, -0.2) is 9.07 Å². The molecule has 1 aromatic carbocycles. The lowest BCUT2D eigenvalue weighted by molar-refractivity contribution is 0.101. The second-order valence-electron chi connectivity index (χ2n) is 3.18. The second kappa shape index (κ2) is 3.65. The molecule has 0 bridgehead atoms. The van der Waals surface area contributed by atoms with E-state index in [0.29, 0.717) is 11.3 Å². The smallest absolute Gasteiger partial charge is 0.162 e. The Morgan fingerprint density at radius 3 is 2.73 bits per heavy atom. The molecule has 0 aliphatic rings. The fourth-order valence-corrected chi connectivity index (χ4v) is 1.27. The maximum Gasteiger partial charge on any atom is 0.162 e. The van der Waals surface area contributed by atoms with Crippen molar-refractivity contribution in [1.29, 1.82) is 0 Å². The van der Waals surface area contributed by atoms with Gasteiger partial charge in [-0.15, -0.1) is 0 Å². The Morgan fingerprint density at radius 1 is 1.40 bits per heavy atom. The van der Waals surface area contributed by atoms with Gasteiger partial charge in [-0.05, 0) is 19.1 Å². The predicted molar refractivity (Wildman–Crippen MR) is 53.5 cm³/mol. The fourth-order valence-electron chi connectivity index (χ4n) is 1.27. The van der Waals surface area contributed by atoms with E-state index in [1.54, 1.807) is 18.2 Å². The maximum absolute atomic E-state index is 13.3. The summed E-state index contributed by atoms with van der Waals surface area (Å²) in [7, 11) is 0. The molecule has 0 spiro atoms. The lowest BCUT2D eigenvalue weighted by Gasteiger charge is -2.01. The van der Waals surface area contributed by atoms with Gasteiger partial charge >= 0.3 is 0 Å². The van der Waals surface area contributed by atoms with Crippen molar-refractivity contribution in [2.45, 2.75) is 6.92 Å². The number of benzene rings is 1. The van der Waals surface area contributed by atoms with Crippen molar-refractivity contribution < 1.29 is 9.18 Å². The van der Waals surface area contributed by atoms with E-state index < -0.39 is 0 Å². The molecule has 2 aromatic rings. The topological polar surface area (TPSA) is 34.9 Å². The Hall–Kier alpha value is -1.97. The number of ketones is 1. The molecule has 0 fully saturated rings. The van der Waals surface area contributed by atoms with Gasteiger partial charge in [0.05, 0.1) is 11.8 Å². The molecule has 2 rings (SSSR count). The molecule has 4 heteroatoms. The SMILES string of the molecule is CC(=O)c1cnn(-c2ccccc2F)c1. The number of hydrogen-bond acceptors (Lipinski definition) is 2. The molecule has 76 valence electrons. The zero-order chi connectivity index (χ0) is 10.8. The van der Waals surface area contributed by atoms with E-state index in [9.17, 15) is 9.18 Å². The number of rotatable bonds is 2. The van der Waals surface area contributed by atoms with Crippen LogP contribution in [0.5, 0.6) is 0 Å². The largest absolute Gasteiger partial charge is 0.294 e. The third-order valence-corrected chi connectivity index (χ3v) is 2.09. The van der Waals surface area contributed by atoms with Crippen molar-refractivity contribution in [3.05, 3.63) is 48.0 Å². The van der Waals surface area contributed by atoms with Gasteiger partial charge in [-0.3, -0.25) is 4.79 Å². The normalized spacial score (nSPS) is 10.3. The molecule has 0 atom stereocenters. The molecule has 0 unspecified atom stereocenters. The highest BCUT2D eigenvalue weighted by atomic mass is 19.1. The average molecular weight is 204 g/mol. The standard InChI is InChI=1S/C11H9FN2O/c1-8(15)9-6-13-14(7-9)11-5-3-2-4-10(11)12/h2-7H,1H3. The minimum absolute atomic E-state index is 0.0856. The van der Waals surface area contributed by atoms with E-state index in [-0.39, 0.29) is 11.6 Å². The summed E-state index contributed by atoms with van der Waals surface area (Å²) in [6.45, 7) is 1.45. The summed E-state index contributed by atoms with van der Waals surface area (Å²) in [6.07, 6.45) is 2.94. The molecule has 1 aromatic heterocycles. The first-order chi connectivity index (χ1) is 7.18. The number of carbonyl (C=O) groups excluding carboxylic acids is 1. The van der Waals surface area contributed by atoms with Crippen LogP contribution in [0.1, 0.15) is 17.3 Å². The summed E-state index contributed by atoms with van der Waals surface area (Å²) in [6, 6.07) is 6.28. The molecule has 3 nitrogen and oxygen atoms in total. The van der Waals surface area contributed by atoms with Crippen LogP contribution in [0.2, 0.25) is 0 Å². The highest BCUT2D eigenvalue weighted by Gasteiger charge is 2.07. The number of halogens is 1. The third-order valence-electron chi connectivity index (χ3n) is 2.09. The van der Waals surface area contributed by atoms with E-state index >= 15 is 0 Å². The Bertz CT molecular complexity index is 505. The predicted octanol–water partition coefficient (Wildman–Crippen LogP) is 2.21. The van der Waals surface area contributed by atoms with Crippen molar-refractivity contribution in [2.24, 2.45) is 0 Å².